The van der Waals surface area contributed by atoms with Gasteiger partial charge in [-0.15, -0.1) is 0 Å². The molecular weight excluding hydrogens is 372 g/mol. The molecule has 0 heterocycles. The third-order valence-corrected chi connectivity index (χ3v) is 14.9. The van der Waals surface area contributed by atoms with Crippen LogP contribution in [0.25, 0.3) is 0 Å². The zero-order valence-electron chi connectivity index (χ0n) is 20.2. The monoisotopic (exact) mass is 416 g/mol. The Balaban J connectivity index is 1.58. The third kappa shape index (κ3) is 3.25. The van der Waals surface area contributed by atoms with Crippen molar-refractivity contribution in [2.24, 2.45) is 34.5 Å². The molecule has 29 heavy (non-hydrogen) atoms. The Morgan fingerprint density at radius 1 is 1.03 bits per heavy atom. The van der Waals surface area contributed by atoms with Gasteiger partial charge < -0.3 is 4.43 Å². The van der Waals surface area contributed by atoms with Gasteiger partial charge in [-0.3, -0.25) is 4.79 Å². The van der Waals surface area contributed by atoms with Gasteiger partial charge in [0, 0.05) is 17.9 Å². The SMILES string of the molecule is C[C@@H]1C=C2CC(O[Si](C)(C)C(C)(C)C)CC[C@]2(C)[C@H]2CC[C@]3(C)C(=O)CC[C@H]3[C@H]12. The molecule has 3 saturated carbocycles. The molecule has 3 fully saturated rings. The number of hydrogen-bond donors (Lipinski definition) is 0. The standard InChI is InChI=1S/C26H44O2Si/c1-17-15-18-16-19(28-29(7,8)24(2,3)4)11-13-25(18,5)21-12-14-26(6)20(23(17)21)9-10-22(26)27/h15,17,19-21,23H,9-14,16H2,1-8H3/t17-,19?,20+,21+,23+,25+,26+/m1/s1. The van der Waals surface area contributed by atoms with Gasteiger partial charge in [-0.2, -0.15) is 0 Å². The van der Waals surface area contributed by atoms with E-state index in [0.29, 0.717) is 35.1 Å². The molecular formula is C26H44O2Si. The van der Waals surface area contributed by atoms with Crippen LogP contribution in [-0.4, -0.2) is 20.2 Å². The minimum Gasteiger partial charge on any atom is -0.414 e. The molecule has 7 atom stereocenters. The van der Waals surface area contributed by atoms with Crippen molar-refractivity contribution in [2.75, 3.05) is 0 Å². The van der Waals surface area contributed by atoms with E-state index < -0.39 is 8.32 Å². The maximum Gasteiger partial charge on any atom is 0.192 e. The highest BCUT2D eigenvalue weighted by Gasteiger charge is 2.60. The fraction of sp³-hybridized carbons (Fsp3) is 0.885. The summed E-state index contributed by atoms with van der Waals surface area (Å²) in [4.78, 5) is 12.7. The summed E-state index contributed by atoms with van der Waals surface area (Å²) >= 11 is 0. The van der Waals surface area contributed by atoms with Crippen molar-refractivity contribution in [3.63, 3.8) is 0 Å². The van der Waals surface area contributed by atoms with Crippen LogP contribution in [0, 0.1) is 34.5 Å². The number of rotatable bonds is 2. The summed E-state index contributed by atoms with van der Waals surface area (Å²) in [5, 5.41) is 0.274. The van der Waals surface area contributed by atoms with Crippen molar-refractivity contribution in [3.05, 3.63) is 11.6 Å². The largest absolute Gasteiger partial charge is 0.414 e. The van der Waals surface area contributed by atoms with Crippen LogP contribution in [-0.2, 0) is 9.22 Å². The van der Waals surface area contributed by atoms with Crippen LogP contribution >= 0.6 is 0 Å². The van der Waals surface area contributed by atoms with E-state index in [1.807, 2.05) is 0 Å². The summed E-state index contributed by atoms with van der Waals surface area (Å²) in [6, 6.07) is 0. The van der Waals surface area contributed by atoms with Gasteiger partial charge in [0.15, 0.2) is 8.32 Å². The second-order valence-corrected chi connectivity index (χ2v) is 17.7. The molecule has 164 valence electrons. The molecule has 4 aliphatic carbocycles. The summed E-state index contributed by atoms with van der Waals surface area (Å²) in [5.74, 6) is 3.23. The number of ketones is 1. The van der Waals surface area contributed by atoms with Crippen molar-refractivity contribution >= 4 is 14.1 Å². The van der Waals surface area contributed by atoms with Crippen molar-refractivity contribution < 1.29 is 9.22 Å². The Morgan fingerprint density at radius 3 is 2.31 bits per heavy atom. The molecule has 0 aromatic heterocycles. The smallest absolute Gasteiger partial charge is 0.192 e. The van der Waals surface area contributed by atoms with Crippen molar-refractivity contribution in [1.29, 1.82) is 0 Å². The number of Topliss-reactive ketones (excluding diaryl/α,β-unsaturated/α-hetero) is 1. The molecule has 0 bridgehead atoms. The molecule has 0 spiro atoms. The minimum absolute atomic E-state index is 0.0280. The van der Waals surface area contributed by atoms with Crippen LogP contribution in [0.5, 0.6) is 0 Å². The second-order valence-electron chi connectivity index (χ2n) is 12.9. The van der Waals surface area contributed by atoms with E-state index in [1.54, 1.807) is 5.57 Å². The van der Waals surface area contributed by atoms with E-state index >= 15 is 0 Å². The van der Waals surface area contributed by atoms with Gasteiger partial charge in [0.25, 0.3) is 0 Å². The first kappa shape index (κ1) is 21.8. The Kier molecular flexibility index (Phi) is 5.11. The van der Waals surface area contributed by atoms with Crippen LogP contribution < -0.4 is 0 Å². The molecule has 0 aromatic rings. The molecule has 0 N–H and O–H groups in total. The Labute approximate surface area is 180 Å². The predicted molar refractivity (Wildman–Crippen MR) is 123 cm³/mol. The lowest BCUT2D eigenvalue weighted by Crippen LogP contribution is -2.53. The number of carbonyl (C=O) groups excluding carboxylic acids is 1. The first-order valence-corrected chi connectivity index (χ1v) is 15.1. The van der Waals surface area contributed by atoms with Crippen molar-refractivity contribution in [1.82, 2.24) is 0 Å². The van der Waals surface area contributed by atoms with Gasteiger partial charge in [-0.25, -0.2) is 0 Å². The Hall–Kier alpha value is -0.413. The first-order chi connectivity index (χ1) is 13.3. The quantitative estimate of drug-likeness (QED) is 0.353. The molecule has 0 aromatic carbocycles. The van der Waals surface area contributed by atoms with Crippen LogP contribution in [0.3, 0.4) is 0 Å². The molecule has 2 nitrogen and oxygen atoms in total. The van der Waals surface area contributed by atoms with E-state index in [-0.39, 0.29) is 10.5 Å². The topological polar surface area (TPSA) is 26.3 Å². The van der Waals surface area contributed by atoms with Crippen LogP contribution in [0.2, 0.25) is 18.1 Å². The molecule has 0 saturated heterocycles. The average Bonchev–Trinajstić information content (AvgIpc) is 2.90. The zero-order valence-corrected chi connectivity index (χ0v) is 21.2. The number of fused-ring (bicyclic) bond motifs is 5. The average molecular weight is 417 g/mol. The van der Waals surface area contributed by atoms with Gasteiger partial charge in [0.2, 0.25) is 0 Å². The molecule has 4 rings (SSSR count). The lowest BCUT2D eigenvalue weighted by atomic mass is 9.46. The highest BCUT2D eigenvalue weighted by molar-refractivity contribution is 6.74. The number of carbonyl (C=O) groups is 1. The van der Waals surface area contributed by atoms with E-state index in [0.717, 1.165) is 31.6 Å². The molecule has 3 heteroatoms. The molecule has 0 aliphatic heterocycles. The molecule has 4 aliphatic rings. The number of allylic oxidation sites excluding steroid dienone is 1. The minimum atomic E-state index is -1.72. The van der Waals surface area contributed by atoms with Crippen LogP contribution in [0.4, 0.5) is 0 Å². The molecule has 0 radical (unpaired) electrons. The Morgan fingerprint density at radius 2 is 1.66 bits per heavy atom. The summed E-state index contributed by atoms with van der Waals surface area (Å²) in [5.41, 5.74) is 1.99. The van der Waals surface area contributed by atoms with Crippen LogP contribution in [0.1, 0.15) is 86.5 Å². The maximum atomic E-state index is 12.7. The summed E-state index contributed by atoms with van der Waals surface area (Å²) in [7, 11) is -1.72. The fourth-order valence-corrected chi connectivity index (χ4v) is 8.84. The summed E-state index contributed by atoms with van der Waals surface area (Å²) < 4.78 is 6.86. The van der Waals surface area contributed by atoms with E-state index in [4.69, 9.17) is 4.43 Å². The van der Waals surface area contributed by atoms with Crippen molar-refractivity contribution in [2.45, 2.75) is 111 Å². The second kappa shape index (κ2) is 6.79. The van der Waals surface area contributed by atoms with Gasteiger partial charge >= 0.3 is 0 Å². The van der Waals surface area contributed by atoms with Gasteiger partial charge in [-0.05, 0) is 85.7 Å². The normalized spacial score (nSPS) is 45.3. The van der Waals surface area contributed by atoms with Crippen LogP contribution in [0.15, 0.2) is 11.6 Å². The summed E-state index contributed by atoms with van der Waals surface area (Å²) in [6.45, 7) is 19.1. The zero-order chi connectivity index (χ0) is 21.4. The summed E-state index contributed by atoms with van der Waals surface area (Å²) in [6.07, 6.45) is 11.0. The highest BCUT2D eigenvalue weighted by atomic mass is 28.4. The van der Waals surface area contributed by atoms with E-state index in [9.17, 15) is 4.79 Å². The first-order valence-electron chi connectivity index (χ1n) is 12.2. The van der Waals surface area contributed by atoms with E-state index in [2.05, 4.69) is 60.7 Å². The third-order valence-electron chi connectivity index (χ3n) is 10.4. The highest BCUT2D eigenvalue weighted by Crippen LogP contribution is 2.65. The molecule has 0 amide bonds. The van der Waals surface area contributed by atoms with Gasteiger partial charge in [0.05, 0.1) is 0 Å². The fourth-order valence-electron chi connectivity index (χ4n) is 7.45. The number of hydrogen-bond acceptors (Lipinski definition) is 2. The van der Waals surface area contributed by atoms with Gasteiger partial charge in [-0.1, -0.05) is 53.2 Å². The lowest BCUT2D eigenvalue weighted by molar-refractivity contribution is -0.133. The molecule has 1 unspecified atom stereocenters. The predicted octanol–water partition coefficient (Wildman–Crippen LogP) is 7.15. The van der Waals surface area contributed by atoms with E-state index in [1.165, 1.54) is 19.3 Å². The van der Waals surface area contributed by atoms with Crippen molar-refractivity contribution in [3.8, 4) is 0 Å². The maximum absolute atomic E-state index is 12.7. The Bertz CT molecular complexity index is 717. The lowest BCUT2D eigenvalue weighted by Gasteiger charge is -2.59. The van der Waals surface area contributed by atoms with Gasteiger partial charge in [0.1, 0.15) is 5.78 Å².